The highest BCUT2D eigenvalue weighted by Gasteiger charge is 2.29. The van der Waals surface area contributed by atoms with E-state index in [1.165, 1.54) is 0 Å². The SMILES string of the molecule is O=C(CI)N/C(=C\I)c1ccc(N2CC(Oc3ccnc(N4CCOCC4)n3)C2)cc1. The van der Waals surface area contributed by atoms with Gasteiger partial charge in [0.25, 0.3) is 0 Å². The first-order chi connectivity index (χ1) is 15.2. The minimum absolute atomic E-state index is 0.00294. The Morgan fingerprint density at radius 2 is 1.94 bits per heavy atom. The number of amides is 1. The summed E-state index contributed by atoms with van der Waals surface area (Å²) in [6.07, 6.45) is 1.84. The molecule has 0 radical (unpaired) electrons. The van der Waals surface area contributed by atoms with Gasteiger partial charge in [-0.3, -0.25) is 4.79 Å². The summed E-state index contributed by atoms with van der Waals surface area (Å²) in [5.41, 5.74) is 2.94. The molecule has 0 spiro atoms. The Hall–Kier alpha value is -1.67. The first kappa shape index (κ1) is 22.5. The van der Waals surface area contributed by atoms with Crippen LogP contribution in [0.5, 0.6) is 5.88 Å². The maximum absolute atomic E-state index is 11.7. The van der Waals surface area contributed by atoms with Gasteiger partial charge in [-0.05, 0) is 17.7 Å². The molecule has 31 heavy (non-hydrogen) atoms. The summed E-state index contributed by atoms with van der Waals surface area (Å²) in [6, 6.07) is 10.0. The summed E-state index contributed by atoms with van der Waals surface area (Å²) in [4.78, 5) is 25.0. The molecular weight excluding hydrogens is 624 g/mol. The number of hydrogen-bond donors (Lipinski definition) is 1. The Balaban J connectivity index is 1.31. The van der Waals surface area contributed by atoms with Crippen molar-refractivity contribution in [1.29, 1.82) is 0 Å². The van der Waals surface area contributed by atoms with Gasteiger partial charge in [0.1, 0.15) is 6.10 Å². The van der Waals surface area contributed by atoms with Gasteiger partial charge >= 0.3 is 0 Å². The Kier molecular flexibility index (Phi) is 7.82. The number of halogens is 2. The first-order valence-corrected chi connectivity index (χ1v) is 12.8. The lowest BCUT2D eigenvalue weighted by Gasteiger charge is -2.40. The van der Waals surface area contributed by atoms with E-state index in [1.807, 2.05) is 22.3 Å². The van der Waals surface area contributed by atoms with Crippen molar-refractivity contribution in [2.45, 2.75) is 6.10 Å². The molecule has 164 valence electrons. The van der Waals surface area contributed by atoms with E-state index < -0.39 is 0 Å². The minimum Gasteiger partial charge on any atom is -0.470 e. The lowest BCUT2D eigenvalue weighted by Crippen LogP contribution is -2.54. The van der Waals surface area contributed by atoms with Gasteiger partial charge in [0, 0.05) is 35.1 Å². The summed E-state index contributed by atoms with van der Waals surface area (Å²) in [7, 11) is 0. The van der Waals surface area contributed by atoms with Crippen molar-refractivity contribution in [3.05, 3.63) is 46.2 Å². The molecule has 4 rings (SSSR count). The van der Waals surface area contributed by atoms with Crippen molar-refractivity contribution >= 4 is 68.4 Å². The molecule has 1 amide bonds. The largest absolute Gasteiger partial charge is 0.470 e. The van der Waals surface area contributed by atoms with Gasteiger partial charge in [0.05, 0.1) is 36.4 Å². The number of anilines is 2. The Morgan fingerprint density at radius 3 is 2.61 bits per heavy atom. The smallest absolute Gasteiger partial charge is 0.234 e. The van der Waals surface area contributed by atoms with E-state index in [0.29, 0.717) is 29.5 Å². The van der Waals surface area contributed by atoms with Crippen LogP contribution in [-0.2, 0) is 9.53 Å². The number of benzene rings is 1. The highest BCUT2D eigenvalue weighted by atomic mass is 127. The van der Waals surface area contributed by atoms with Crippen LogP contribution in [0.1, 0.15) is 5.56 Å². The molecule has 2 aromatic rings. The zero-order valence-corrected chi connectivity index (χ0v) is 21.2. The van der Waals surface area contributed by atoms with Crippen molar-refractivity contribution in [2.24, 2.45) is 0 Å². The van der Waals surface area contributed by atoms with Crippen LogP contribution in [-0.4, -0.2) is 65.8 Å². The number of alkyl halides is 1. The monoisotopic (exact) mass is 647 g/mol. The molecule has 1 aromatic heterocycles. The van der Waals surface area contributed by atoms with Crippen LogP contribution < -0.4 is 19.9 Å². The molecule has 8 nitrogen and oxygen atoms in total. The Bertz CT molecular complexity index is 929. The third kappa shape index (κ3) is 5.77. The van der Waals surface area contributed by atoms with Gasteiger partial charge in [-0.2, -0.15) is 4.98 Å². The molecule has 3 heterocycles. The number of nitrogens with one attached hydrogen (secondary N) is 1. The van der Waals surface area contributed by atoms with Crippen molar-refractivity contribution < 1.29 is 14.3 Å². The second-order valence-corrected chi connectivity index (χ2v) is 8.58. The van der Waals surface area contributed by atoms with Crippen molar-refractivity contribution in [3.8, 4) is 5.88 Å². The van der Waals surface area contributed by atoms with Crippen LogP contribution in [0.15, 0.2) is 40.6 Å². The average molecular weight is 647 g/mol. The predicted octanol–water partition coefficient (Wildman–Crippen LogP) is 2.87. The maximum Gasteiger partial charge on any atom is 0.234 e. The summed E-state index contributed by atoms with van der Waals surface area (Å²) in [6.45, 7) is 4.60. The Morgan fingerprint density at radius 1 is 1.19 bits per heavy atom. The fourth-order valence-corrected chi connectivity index (χ4v) is 4.11. The molecule has 2 fully saturated rings. The van der Waals surface area contributed by atoms with E-state index in [9.17, 15) is 4.79 Å². The quantitative estimate of drug-likeness (QED) is 0.366. The molecule has 0 unspecified atom stereocenters. The molecule has 1 aromatic carbocycles. The fraction of sp³-hybridized carbons (Fsp3) is 0.381. The first-order valence-electron chi connectivity index (χ1n) is 10.0. The van der Waals surface area contributed by atoms with Crippen LogP contribution in [0, 0.1) is 0 Å². The van der Waals surface area contributed by atoms with Crippen LogP contribution >= 0.6 is 45.2 Å². The van der Waals surface area contributed by atoms with Gasteiger partial charge in [-0.1, -0.05) is 57.3 Å². The molecule has 2 saturated heterocycles. The molecule has 1 N–H and O–H groups in total. The number of morpholine rings is 1. The van der Waals surface area contributed by atoms with E-state index in [0.717, 1.165) is 43.1 Å². The molecular formula is C21H23I2N5O3. The molecule has 0 bridgehead atoms. The highest BCUT2D eigenvalue weighted by molar-refractivity contribution is 14.1. The van der Waals surface area contributed by atoms with Gasteiger partial charge < -0.3 is 24.6 Å². The van der Waals surface area contributed by atoms with E-state index in [4.69, 9.17) is 9.47 Å². The van der Waals surface area contributed by atoms with Crippen molar-refractivity contribution in [1.82, 2.24) is 15.3 Å². The summed E-state index contributed by atoms with van der Waals surface area (Å²) in [5, 5.41) is 2.92. The average Bonchev–Trinajstić information content (AvgIpc) is 2.80. The highest BCUT2D eigenvalue weighted by Crippen LogP contribution is 2.26. The number of carbonyl (C=O) groups is 1. The van der Waals surface area contributed by atoms with Crippen molar-refractivity contribution in [2.75, 3.05) is 53.6 Å². The topological polar surface area (TPSA) is 79.8 Å². The van der Waals surface area contributed by atoms with Crippen LogP contribution in [0.2, 0.25) is 0 Å². The molecule has 2 aliphatic heterocycles. The van der Waals surface area contributed by atoms with Crippen molar-refractivity contribution in [3.63, 3.8) is 0 Å². The molecule has 0 saturated carbocycles. The normalized spacial score (nSPS) is 17.3. The molecule has 0 aliphatic carbocycles. The minimum atomic E-state index is -0.00294. The van der Waals surface area contributed by atoms with E-state index >= 15 is 0 Å². The summed E-state index contributed by atoms with van der Waals surface area (Å²) >= 11 is 4.20. The zero-order chi connectivity index (χ0) is 21.6. The van der Waals surface area contributed by atoms with Gasteiger partial charge in [-0.15, -0.1) is 0 Å². The molecule has 2 aliphatic rings. The number of carbonyl (C=O) groups excluding carboxylic acids is 1. The third-order valence-corrected chi connectivity index (χ3v) is 6.41. The molecule has 0 atom stereocenters. The predicted molar refractivity (Wildman–Crippen MR) is 137 cm³/mol. The van der Waals surface area contributed by atoms with Gasteiger partial charge in [0.2, 0.25) is 17.7 Å². The van der Waals surface area contributed by atoms with E-state index in [2.05, 4.69) is 82.4 Å². The number of hydrogen-bond acceptors (Lipinski definition) is 7. The number of ether oxygens (including phenoxy) is 2. The van der Waals surface area contributed by atoms with Gasteiger partial charge in [0.15, 0.2) is 0 Å². The van der Waals surface area contributed by atoms with E-state index in [1.54, 1.807) is 6.20 Å². The number of rotatable bonds is 7. The van der Waals surface area contributed by atoms with Gasteiger partial charge in [-0.25, -0.2) is 4.98 Å². The lowest BCUT2D eigenvalue weighted by molar-refractivity contribution is -0.117. The summed E-state index contributed by atoms with van der Waals surface area (Å²) in [5.74, 6) is 1.30. The molecule has 10 heteroatoms. The standard InChI is InChI=1S/C21H23I2N5O3/c22-11-18(25-19(29)12-23)15-1-3-16(4-2-15)28-13-17(14-28)31-20-5-6-24-21(26-20)27-7-9-30-10-8-27/h1-6,11,17H,7-10,12-14H2,(H,25,29)/b18-11-. The van der Waals surface area contributed by atoms with E-state index in [-0.39, 0.29) is 12.0 Å². The number of nitrogens with zero attached hydrogens (tertiary/aromatic N) is 4. The fourth-order valence-electron chi connectivity index (χ4n) is 3.41. The lowest BCUT2D eigenvalue weighted by atomic mass is 10.1. The van der Waals surface area contributed by atoms with Crippen LogP contribution in [0.25, 0.3) is 5.70 Å². The van der Waals surface area contributed by atoms with Crippen LogP contribution in [0.4, 0.5) is 11.6 Å². The Labute approximate surface area is 208 Å². The third-order valence-electron chi connectivity index (χ3n) is 5.09. The number of aromatic nitrogens is 2. The van der Waals surface area contributed by atoms with Crippen LogP contribution in [0.3, 0.4) is 0 Å². The second kappa shape index (κ2) is 10.8. The second-order valence-electron chi connectivity index (χ2n) is 7.19. The summed E-state index contributed by atoms with van der Waals surface area (Å²) < 4.78 is 13.8. The zero-order valence-electron chi connectivity index (χ0n) is 16.8. The maximum atomic E-state index is 11.7.